The first kappa shape index (κ1) is 18.0. The SMILES string of the molecule is N#C/C(=C/c1ccc(OCC(=O)Nc2ccc(Cl)cc2)cc1)C(=O)O. The van der Waals surface area contributed by atoms with Crippen molar-refractivity contribution in [2.75, 3.05) is 11.9 Å². The molecule has 2 aromatic carbocycles. The van der Waals surface area contributed by atoms with Crippen LogP contribution < -0.4 is 10.1 Å². The van der Waals surface area contributed by atoms with Crippen molar-refractivity contribution in [3.05, 3.63) is 64.7 Å². The van der Waals surface area contributed by atoms with Gasteiger partial charge >= 0.3 is 5.97 Å². The van der Waals surface area contributed by atoms with Crippen LogP contribution in [-0.2, 0) is 9.59 Å². The number of aliphatic carboxylic acids is 1. The Morgan fingerprint density at radius 1 is 1.16 bits per heavy atom. The number of anilines is 1. The summed E-state index contributed by atoms with van der Waals surface area (Å²) in [5.41, 5.74) is 0.782. The molecule has 7 heteroatoms. The minimum atomic E-state index is -1.29. The summed E-state index contributed by atoms with van der Waals surface area (Å²) in [5.74, 6) is -1.18. The molecule has 0 aromatic heterocycles. The van der Waals surface area contributed by atoms with Gasteiger partial charge in [0.2, 0.25) is 0 Å². The lowest BCUT2D eigenvalue weighted by atomic mass is 10.1. The van der Waals surface area contributed by atoms with Gasteiger partial charge in [-0.15, -0.1) is 0 Å². The minimum Gasteiger partial charge on any atom is -0.484 e. The van der Waals surface area contributed by atoms with Crippen LogP contribution in [0.1, 0.15) is 5.56 Å². The van der Waals surface area contributed by atoms with Gasteiger partial charge in [-0.3, -0.25) is 4.79 Å². The van der Waals surface area contributed by atoms with Crippen molar-refractivity contribution in [1.82, 2.24) is 0 Å². The van der Waals surface area contributed by atoms with E-state index in [0.717, 1.165) is 0 Å². The largest absolute Gasteiger partial charge is 0.484 e. The number of nitrogens with zero attached hydrogens (tertiary/aromatic N) is 1. The molecule has 0 aliphatic heterocycles. The molecule has 1 amide bonds. The summed E-state index contributed by atoms with van der Waals surface area (Å²) in [6.45, 7) is -0.184. The summed E-state index contributed by atoms with van der Waals surface area (Å²) in [6, 6.07) is 14.6. The summed E-state index contributed by atoms with van der Waals surface area (Å²) < 4.78 is 5.36. The molecule has 0 aliphatic carbocycles. The van der Waals surface area contributed by atoms with Crippen LogP contribution in [0.3, 0.4) is 0 Å². The molecule has 2 N–H and O–H groups in total. The number of hydrogen-bond acceptors (Lipinski definition) is 4. The Balaban J connectivity index is 1.91. The normalized spacial score (nSPS) is 10.6. The average Bonchev–Trinajstić information content (AvgIpc) is 2.60. The molecule has 0 saturated carbocycles. The Hall–Kier alpha value is -3.30. The molecule has 0 fully saturated rings. The van der Waals surface area contributed by atoms with Crippen molar-refractivity contribution in [1.29, 1.82) is 5.26 Å². The zero-order chi connectivity index (χ0) is 18.2. The fourth-order valence-electron chi connectivity index (χ4n) is 1.85. The molecular formula is C18H13ClN2O4. The standard InChI is InChI=1S/C18H13ClN2O4/c19-14-3-5-15(6-4-14)21-17(22)11-25-16-7-1-12(2-8-16)9-13(10-20)18(23)24/h1-9H,11H2,(H,21,22)(H,23,24)/b13-9-. The van der Waals surface area contributed by atoms with Crippen molar-refractivity contribution < 1.29 is 19.4 Å². The molecule has 2 rings (SSSR count). The number of carboxylic acid groups (broad SMARTS) is 1. The van der Waals surface area contributed by atoms with E-state index in [1.54, 1.807) is 54.6 Å². The highest BCUT2D eigenvalue weighted by Crippen LogP contribution is 2.16. The topological polar surface area (TPSA) is 99.4 Å². The summed E-state index contributed by atoms with van der Waals surface area (Å²) >= 11 is 5.77. The van der Waals surface area contributed by atoms with E-state index in [1.807, 2.05) is 0 Å². The van der Waals surface area contributed by atoms with E-state index in [0.29, 0.717) is 22.0 Å². The highest BCUT2D eigenvalue weighted by Gasteiger charge is 2.06. The molecule has 0 atom stereocenters. The summed E-state index contributed by atoms with van der Waals surface area (Å²) in [4.78, 5) is 22.6. The molecule has 0 saturated heterocycles. The maximum Gasteiger partial charge on any atom is 0.346 e. The van der Waals surface area contributed by atoms with Crippen LogP contribution in [-0.4, -0.2) is 23.6 Å². The van der Waals surface area contributed by atoms with Gasteiger partial charge in [0.1, 0.15) is 17.4 Å². The van der Waals surface area contributed by atoms with E-state index in [9.17, 15) is 9.59 Å². The van der Waals surface area contributed by atoms with Gasteiger partial charge in [0.05, 0.1) is 0 Å². The number of nitrogens with one attached hydrogen (secondary N) is 1. The molecule has 0 bridgehead atoms. The van der Waals surface area contributed by atoms with E-state index < -0.39 is 5.97 Å². The van der Waals surface area contributed by atoms with Gasteiger partial charge < -0.3 is 15.2 Å². The lowest BCUT2D eigenvalue weighted by Crippen LogP contribution is -2.20. The predicted octanol–water partition coefficient (Wildman–Crippen LogP) is 3.35. The predicted molar refractivity (Wildman–Crippen MR) is 93.2 cm³/mol. The van der Waals surface area contributed by atoms with E-state index >= 15 is 0 Å². The van der Waals surface area contributed by atoms with E-state index in [4.69, 9.17) is 26.7 Å². The second-order valence-electron chi connectivity index (χ2n) is 4.89. The summed E-state index contributed by atoms with van der Waals surface area (Å²) in [7, 11) is 0. The fourth-order valence-corrected chi connectivity index (χ4v) is 1.97. The minimum absolute atomic E-state index is 0.184. The van der Waals surface area contributed by atoms with Gasteiger partial charge in [-0.1, -0.05) is 23.7 Å². The molecule has 2 aromatic rings. The number of rotatable bonds is 6. The monoisotopic (exact) mass is 356 g/mol. The third-order valence-corrected chi connectivity index (χ3v) is 3.29. The molecule has 126 valence electrons. The van der Waals surface area contributed by atoms with E-state index in [1.165, 1.54) is 6.08 Å². The van der Waals surface area contributed by atoms with Crippen LogP contribution in [0.2, 0.25) is 5.02 Å². The quantitative estimate of drug-likeness (QED) is 0.610. The fraction of sp³-hybridized carbons (Fsp3) is 0.0556. The number of nitriles is 1. The molecule has 0 heterocycles. The maximum absolute atomic E-state index is 11.8. The van der Waals surface area contributed by atoms with Gasteiger partial charge in [-0.05, 0) is 48.0 Å². The molecule has 6 nitrogen and oxygen atoms in total. The molecular weight excluding hydrogens is 344 g/mol. The van der Waals surface area contributed by atoms with Crippen molar-refractivity contribution in [2.24, 2.45) is 0 Å². The van der Waals surface area contributed by atoms with E-state index in [-0.39, 0.29) is 18.1 Å². The summed E-state index contributed by atoms with van der Waals surface area (Å²) in [6.07, 6.45) is 1.25. The number of ether oxygens (including phenoxy) is 1. The highest BCUT2D eigenvalue weighted by molar-refractivity contribution is 6.30. The van der Waals surface area contributed by atoms with Crippen LogP contribution in [0.25, 0.3) is 6.08 Å². The average molecular weight is 357 g/mol. The van der Waals surface area contributed by atoms with Crippen molar-refractivity contribution in [3.63, 3.8) is 0 Å². The van der Waals surface area contributed by atoms with Crippen molar-refractivity contribution >= 4 is 35.2 Å². The second-order valence-corrected chi connectivity index (χ2v) is 5.32. The first-order chi connectivity index (χ1) is 12.0. The number of amides is 1. The van der Waals surface area contributed by atoms with Crippen LogP contribution in [0.4, 0.5) is 5.69 Å². The van der Waals surface area contributed by atoms with Gasteiger partial charge in [0.15, 0.2) is 6.61 Å². The molecule has 0 radical (unpaired) electrons. The van der Waals surface area contributed by atoms with E-state index in [2.05, 4.69) is 5.32 Å². The smallest absolute Gasteiger partial charge is 0.346 e. The zero-order valence-corrected chi connectivity index (χ0v) is 13.7. The Kier molecular flexibility index (Phi) is 6.15. The number of halogens is 1. The molecule has 0 unspecified atom stereocenters. The Morgan fingerprint density at radius 3 is 2.36 bits per heavy atom. The number of hydrogen-bond donors (Lipinski definition) is 2. The van der Waals surface area contributed by atoms with Gasteiger partial charge in [-0.2, -0.15) is 5.26 Å². The van der Waals surface area contributed by atoms with Crippen LogP contribution in [0.5, 0.6) is 5.75 Å². The van der Waals surface area contributed by atoms with Crippen LogP contribution in [0, 0.1) is 11.3 Å². The van der Waals surface area contributed by atoms with Crippen molar-refractivity contribution in [3.8, 4) is 11.8 Å². The molecule has 0 spiro atoms. The third kappa shape index (κ3) is 5.68. The van der Waals surface area contributed by atoms with Gasteiger partial charge in [-0.25, -0.2) is 4.79 Å². The number of benzene rings is 2. The Labute approximate surface area is 148 Å². The zero-order valence-electron chi connectivity index (χ0n) is 12.9. The number of carboxylic acids is 1. The van der Waals surface area contributed by atoms with Gasteiger partial charge in [0.25, 0.3) is 5.91 Å². The molecule has 25 heavy (non-hydrogen) atoms. The third-order valence-electron chi connectivity index (χ3n) is 3.04. The Morgan fingerprint density at radius 2 is 1.80 bits per heavy atom. The lowest BCUT2D eigenvalue weighted by molar-refractivity contribution is -0.132. The highest BCUT2D eigenvalue weighted by atomic mass is 35.5. The number of carbonyl (C=O) groups excluding carboxylic acids is 1. The number of carbonyl (C=O) groups is 2. The van der Waals surface area contributed by atoms with Gasteiger partial charge in [0, 0.05) is 10.7 Å². The molecule has 0 aliphatic rings. The summed E-state index contributed by atoms with van der Waals surface area (Å²) in [5, 5.41) is 20.8. The van der Waals surface area contributed by atoms with Crippen LogP contribution >= 0.6 is 11.6 Å². The maximum atomic E-state index is 11.8. The second kappa shape index (κ2) is 8.52. The first-order valence-electron chi connectivity index (χ1n) is 7.11. The first-order valence-corrected chi connectivity index (χ1v) is 7.49. The lowest BCUT2D eigenvalue weighted by Gasteiger charge is -2.08. The van der Waals surface area contributed by atoms with Crippen LogP contribution in [0.15, 0.2) is 54.1 Å². The van der Waals surface area contributed by atoms with Crippen molar-refractivity contribution in [2.45, 2.75) is 0 Å². The Bertz CT molecular complexity index is 837.